The van der Waals surface area contributed by atoms with Crippen molar-refractivity contribution in [2.75, 3.05) is 0 Å². The molecule has 1 radical (unpaired) electrons. The van der Waals surface area contributed by atoms with Gasteiger partial charge in [0.15, 0.2) is 5.69 Å². The maximum absolute atomic E-state index is 7.66. The van der Waals surface area contributed by atoms with E-state index in [-0.39, 0.29) is 25.8 Å². The largest absolute Gasteiger partial charge is 0.697 e. The Kier molecular flexibility index (Phi) is 12.3. The number of fused-ring (bicyclic) bond motifs is 1. The summed E-state index contributed by atoms with van der Waals surface area (Å²) in [6.07, 6.45) is 4.93. The Morgan fingerprint density at radius 1 is 0.977 bits per heavy atom. The van der Waals surface area contributed by atoms with Gasteiger partial charge in [-0.3, -0.25) is 9.97 Å². The summed E-state index contributed by atoms with van der Waals surface area (Å²) < 4.78 is 2.30. The fourth-order valence-corrected chi connectivity index (χ4v) is 5.06. The van der Waals surface area contributed by atoms with E-state index in [1.807, 2.05) is 30.3 Å². The molecule has 2 heterocycles. The number of nitrogens with zero attached hydrogens (tertiary/aromatic N) is 4. The van der Waals surface area contributed by atoms with Crippen LogP contribution in [0.2, 0.25) is 0 Å². The zero-order chi connectivity index (χ0) is 30.9. The molecule has 0 aliphatic carbocycles. The van der Waals surface area contributed by atoms with Gasteiger partial charge in [-0.2, -0.15) is 0 Å². The first-order valence-corrected chi connectivity index (χ1v) is 14.6. The number of allylic oxidation sites excluding steroid dienone is 1. The molecule has 0 saturated heterocycles. The third-order valence-corrected chi connectivity index (χ3v) is 6.67. The van der Waals surface area contributed by atoms with Crippen molar-refractivity contribution in [1.82, 2.24) is 14.5 Å². The molecule has 0 aliphatic rings. The zero-order valence-corrected chi connectivity index (χ0v) is 28.2. The number of hydrogen-bond acceptors (Lipinski definition) is 3. The van der Waals surface area contributed by atoms with E-state index in [4.69, 9.17) is 22.7 Å². The summed E-state index contributed by atoms with van der Waals surface area (Å²) in [6, 6.07) is 29.2. The summed E-state index contributed by atoms with van der Waals surface area (Å²) in [6.45, 7) is 18.2. The van der Waals surface area contributed by atoms with Crippen molar-refractivity contribution in [3.8, 4) is 17.1 Å². The predicted molar refractivity (Wildman–Crippen MR) is 179 cm³/mol. The minimum absolute atomic E-state index is 0. The number of benzene rings is 3. The van der Waals surface area contributed by atoms with E-state index >= 15 is 0 Å². The second kappa shape index (κ2) is 15.9. The van der Waals surface area contributed by atoms with E-state index in [0.29, 0.717) is 28.9 Å². The molecule has 6 nitrogen and oxygen atoms in total. The topological polar surface area (TPSA) is 82.7 Å². The molecular formula is C37H38IrN6-2. The Hall–Kier alpha value is -4.37. The molecule has 3 aromatic carbocycles. The van der Waals surface area contributed by atoms with Crippen LogP contribution in [0.15, 0.2) is 91.1 Å². The van der Waals surface area contributed by atoms with Crippen molar-refractivity contribution >= 4 is 28.1 Å². The van der Waals surface area contributed by atoms with Gasteiger partial charge in [0.25, 0.3) is 0 Å². The van der Waals surface area contributed by atoms with E-state index in [1.165, 1.54) is 22.9 Å². The van der Waals surface area contributed by atoms with E-state index < -0.39 is 0 Å². The number of para-hydroxylation sites is 2. The van der Waals surface area contributed by atoms with Crippen molar-refractivity contribution in [2.45, 2.75) is 47.5 Å². The molecule has 2 aromatic heterocycles. The van der Waals surface area contributed by atoms with Crippen LogP contribution in [0.5, 0.6) is 0 Å². The van der Waals surface area contributed by atoms with Gasteiger partial charge < -0.3 is 15.7 Å². The number of aromatic nitrogens is 3. The maximum atomic E-state index is 7.66. The molecule has 2 N–H and O–H groups in total. The van der Waals surface area contributed by atoms with Gasteiger partial charge in [0.1, 0.15) is 0 Å². The van der Waals surface area contributed by atoms with Crippen LogP contribution in [0, 0.1) is 29.9 Å². The monoisotopic (exact) mass is 759 g/mol. The van der Waals surface area contributed by atoms with Gasteiger partial charge in [-0.05, 0) is 67.0 Å². The molecular weight excluding hydrogens is 721 g/mol. The molecule has 0 spiro atoms. The minimum atomic E-state index is 0. The standard InChI is InChI=1S/C28H28N3.C9H10N3.Ir/c1-19(2)15-22-17-24(29-5)18-23(16-20(3)4)27(22)31-26-14-10-9-13-25(26)30-28(31)21-11-7-6-8-12-21;1-7(10)6-8(11)9-4-2-3-5-12-9;/h6-11,13-14,17-20H,15-16H2,1-4H3;2-6,10-11H,1H3;/q2*-1;/b;8-6-,10-7?;. The fraction of sp³-hybridized carbons (Fsp3) is 0.243. The van der Waals surface area contributed by atoms with Crippen LogP contribution in [0.4, 0.5) is 5.69 Å². The van der Waals surface area contributed by atoms with Crippen LogP contribution in [0.25, 0.3) is 44.4 Å². The van der Waals surface area contributed by atoms with Crippen molar-refractivity contribution in [3.63, 3.8) is 0 Å². The van der Waals surface area contributed by atoms with E-state index in [1.54, 1.807) is 25.3 Å². The summed E-state index contributed by atoms with van der Waals surface area (Å²) in [5.74, 6) is 1.86. The Balaban J connectivity index is 0.000000344. The van der Waals surface area contributed by atoms with Crippen molar-refractivity contribution in [1.29, 1.82) is 5.41 Å². The first-order chi connectivity index (χ1) is 20.7. The van der Waals surface area contributed by atoms with E-state index in [9.17, 15) is 0 Å². The fourth-order valence-electron chi connectivity index (χ4n) is 5.06. The van der Waals surface area contributed by atoms with Crippen LogP contribution in [0.1, 0.15) is 51.4 Å². The molecule has 0 bridgehead atoms. The molecule has 7 heteroatoms. The van der Waals surface area contributed by atoms with Crippen molar-refractivity contribution < 1.29 is 20.1 Å². The second-order valence-corrected chi connectivity index (χ2v) is 11.4. The predicted octanol–water partition coefficient (Wildman–Crippen LogP) is 9.95. The Bertz CT molecular complexity index is 1730. The van der Waals surface area contributed by atoms with Crippen LogP contribution in [-0.4, -0.2) is 20.2 Å². The van der Waals surface area contributed by atoms with Gasteiger partial charge in [-0.1, -0.05) is 64.1 Å². The van der Waals surface area contributed by atoms with Crippen LogP contribution in [0.3, 0.4) is 0 Å². The third-order valence-electron chi connectivity index (χ3n) is 6.67. The summed E-state index contributed by atoms with van der Waals surface area (Å²) in [7, 11) is 0. The van der Waals surface area contributed by atoms with Crippen LogP contribution in [-0.2, 0) is 32.9 Å². The molecule has 0 aliphatic heterocycles. The number of rotatable bonds is 8. The van der Waals surface area contributed by atoms with E-state index in [0.717, 1.165) is 35.3 Å². The van der Waals surface area contributed by atoms with Gasteiger partial charge in [-0.25, -0.2) is 4.85 Å². The molecule has 0 saturated carbocycles. The normalized spacial score (nSPS) is 11.1. The summed E-state index contributed by atoms with van der Waals surface area (Å²) in [5.41, 5.74) is 16.1. The first-order valence-electron chi connectivity index (χ1n) is 14.6. The van der Waals surface area contributed by atoms with Crippen LogP contribution < -0.4 is 0 Å². The Labute approximate surface area is 274 Å². The SMILES string of the molecule is CC(=N)/C=C(\[NH-])c1ccccn1.[C-]#[N+]c1cc(CC(C)C)c(-n2c(-c3[c-]cccc3)nc3ccccc32)c(CC(C)C)c1.[Ir]. The van der Waals surface area contributed by atoms with Crippen molar-refractivity contribution in [3.05, 3.63) is 131 Å². The molecule has 0 amide bonds. The maximum Gasteiger partial charge on any atom is 0.187 e. The zero-order valence-electron chi connectivity index (χ0n) is 25.9. The molecule has 0 unspecified atom stereocenters. The molecule has 0 atom stereocenters. The van der Waals surface area contributed by atoms with E-state index in [2.05, 4.69) is 84.6 Å². The second-order valence-electron chi connectivity index (χ2n) is 11.4. The van der Waals surface area contributed by atoms with Gasteiger partial charge >= 0.3 is 0 Å². The van der Waals surface area contributed by atoms with Gasteiger partial charge in [0, 0.05) is 43.4 Å². The quantitative estimate of drug-likeness (QED) is 0.126. The summed E-state index contributed by atoms with van der Waals surface area (Å²) in [4.78, 5) is 12.8. The summed E-state index contributed by atoms with van der Waals surface area (Å²) in [5, 5.41) is 7.15. The first kappa shape index (κ1) is 34.1. The molecule has 5 rings (SSSR count). The minimum Gasteiger partial charge on any atom is -0.697 e. The molecule has 0 fully saturated rings. The molecule has 5 aromatic rings. The Morgan fingerprint density at radius 3 is 2.16 bits per heavy atom. The van der Waals surface area contributed by atoms with Gasteiger partial charge in [0.05, 0.1) is 23.4 Å². The smallest absolute Gasteiger partial charge is 0.187 e. The average Bonchev–Trinajstić information content (AvgIpc) is 3.36. The summed E-state index contributed by atoms with van der Waals surface area (Å²) >= 11 is 0. The molecule has 227 valence electrons. The molecule has 44 heavy (non-hydrogen) atoms. The number of pyridine rings is 1. The van der Waals surface area contributed by atoms with Crippen LogP contribution >= 0.6 is 0 Å². The van der Waals surface area contributed by atoms with Gasteiger partial charge in [0.2, 0.25) is 0 Å². The number of nitrogens with one attached hydrogen (secondary N) is 2. The average molecular weight is 759 g/mol. The third kappa shape index (κ3) is 8.60. The number of hydrogen-bond donors (Lipinski definition) is 1. The number of imidazole rings is 1. The Morgan fingerprint density at radius 2 is 1.61 bits per heavy atom. The van der Waals surface area contributed by atoms with Crippen molar-refractivity contribution in [2.24, 2.45) is 11.8 Å². The van der Waals surface area contributed by atoms with Gasteiger partial charge in [-0.15, -0.1) is 41.6 Å².